The van der Waals surface area contributed by atoms with Crippen molar-refractivity contribution in [1.29, 1.82) is 0 Å². The summed E-state index contributed by atoms with van der Waals surface area (Å²) in [6.07, 6.45) is 0. The van der Waals surface area contributed by atoms with Crippen LogP contribution < -0.4 is 11.1 Å². The van der Waals surface area contributed by atoms with E-state index in [1.807, 2.05) is 18.4 Å². The van der Waals surface area contributed by atoms with Crippen LogP contribution in [0.3, 0.4) is 0 Å². The van der Waals surface area contributed by atoms with Gasteiger partial charge in [0, 0.05) is 16.0 Å². The molecule has 0 saturated heterocycles. The van der Waals surface area contributed by atoms with Gasteiger partial charge in [0.15, 0.2) is 0 Å². The van der Waals surface area contributed by atoms with Crippen LogP contribution in [0.1, 0.15) is 26.4 Å². The summed E-state index contributed by atoms with van der Waals surface area (Å²) >= 11 is 6.51. The number of carbonyl (C=O) groups excluding carboxylic acids is 1. The van der Waals surface area contributed by atoms with Gasteiger partial charge in [0.25, 0.3) is 5.91 Å². The van der Waals surface area contributed by atoms with Crippen molar-refractivity contribution in [1.82, 2.24) is 5.32 Å². The summed E-state index contributed by atoms with van der Waals surface area (Å²) in [6.45, 7) is 2.59. The highest BCUT2D eigenvalue weighted by atomic mass is 32.1. The Morgan fingerprint density at radius 1 is 1.26 bits per heavy atom. The lowest BCUT2D eigenvalue weighted by Gasteiger charge is -2.05. The first-order chi connectivity index (χ1) is 9.08. The third kappa shape index (κ3) is 3.39. The number of nitrogens with one attached hydrogen (secondary N) is 1. The van der Waals surface area contributed by atoms with Gasteiger partial charge in [0.1, 0.15) is 4.99 Å². The van der Waals surface area contributed by atoms with Gasteiger partial charge in [0.05, 0.1) is 6.54 Å². The minimum atomic E-state index is -0.0951. The third-order valence-corrected chi connectivity index (χ3v) is 4.07. The topological polar surface area (TPSA) is 55.1 Å². The predicted molar refractivity (Wildman–Crippen MR) is 82.6 cm³/mol. The largest absolute Gasteiger partial charge is 0.389 e. The Morgan fingerprint density at radius 2 is 1.89 bits per heavy atom. The zero-order valence-electron chi connectivity index (χ0n) is 10.5. The second-order valence-electron chi connectivity index (χ2n) is 4.15. The van der Waals surface area contributed by atoms with E-state index in [1.54, 1.807) is 35.6 Å². The Morgan fingerprint density at radius 3 is 2.42 bits per heavy atom. The number of thiocarbonyl (C=S) groups is 1. The van der Waals surface area contributed by atoms with Gasteiger partial charge >= 0.3 is 0 Å². The lowest BCUT2D eigenvalue weighted by molar-refractivity contribution is 0.0951. The van der Waals surface area contributed by atoms with Crippen LogP contribution in [0.2, 0.25) is 0 Å². The highest BCUT2D eigenvalue weighted by molar-refractivity contribution is 7.80. The van der Waals surface area contributed by atoms with Crippen LogP contribution in [0.25, 0.3) is 0 Å². The van der Waals surface area contributed by atoms with Gasteiger partial charge in [-0.25, -0.2) is 0 Å². The molecule has 0 atom stereocenters. The van der Waals surface area contributed by atoms with Crippen molar-refractivity contribution in [2.75, 3.05) is 0 Å². The average Bonchev–Trinajstić information content (AvgIpc) is 2.81. The van der Waals surface area contributed by atoms with E-state index >= 15 is 0 Å². The zero-order valence-corrected chi connectivity index (χ0v) is 12.1. The summed E-state index contributed by atoms with van der Waals surface area (Å²) in [5.41, 5.74) is 8.08. The minimum absolute atomic E-state index is 0.0951. The van der Waals surface area contributed by atoms with Gasteiger partial charge in [-0.05, 0) is 36.1 Å². The number of aryl methyl sites for hydroxylation is 1. The van der Waals surface area contributed by atoms with Crippen molar-refractivity contribution in [3.8, 4) is 0 Å². The molecule has 1 heterocycles. The maximum atomic E-state index is 12.0. The van der Waals surface area contributed by atoms with Crippen LogP contribution in [0.4, 0.5) is 0 Å². The van der Waals surface area contributed by atoms with Gasteiger partial charge in [-0.2, -0.15) is 0 Å². The molecule has 0 unspecified atom stereocenters. The quantitative estimate of drug-likeness (QED) is 0.851. The SMILES string of the molecule is Cc1ccsc1CNC(=O)c1ccc(C(N)=S)cc1. The molecule has 2 rings (SSSR count). The van der Waals surface area contributed by atoms with Gasteiger partial charge in [-0.3, -0.25) is 4.79 Å². The fraction of sp³-hybridized carbons (Fsp3) is 0.143. The molecule has 0 fully saturated rings. The van der Waals surface area contributed by atoms with E-state index in [1.165, 1.54) is 10.4 Å². The summed E-state index contributed by atoms with van der Waals surface area (Å²) < 4.78 is 0. The molecule has 1 aromatic carbocycles. The number of nitrogens with two attached hydrogens (primary N) is 1. The van der Waals surface area contributed by atoms with E-state index in [9.17, 15) is 4.79 Å². The van der Waals surface area contributed by atoms with Crippen molar-refractivity contribution < 1.29 is 4.79 Å². The van der Waals surface area contributed by atoms with Crippen molar-refractivity contribution in [3.63, 3.8) is 0 Å². The molecule has 1 amide bonds. The maximum Gasteiger partial charge on any atom is 0.251 e. The maximum absolute atomic E-state index is 12.0. The van der Waals surface area contributed by atoms with Gasteiger partial charge in [-0.1, -0.05) is 24.4 Å². The second kappa shape index (κ2) is 5.95. The number of benzene rings is 1. The number of hydrogen-bond acceptors (Lipinski definition) is 3. The van der Waals surface area contributed by atoms with Crippen LogP contribution in [-0.4, -0.2) is 10.9 Å². The van der Waals surface area contributed by atoms with E-state index in [2.05, 4.69) is 5.32 Å². The summed E-state index contributed by atoms with van der Waals surface area (Å²) in [7, 11) is 0. The molecule has 0 radical (unpaired) electrons. The van der Waals surface area contributed by atoms with Gasteiger partial charge in [-0.15, -0.1) is 11.3 Å². The number of hydrogen-bond donors (Lipinski definition) is 2. The highest BCUT2D eigenvalue weighted by Crippen LogP contribution is 2.15. The molecule has 2 aromatic rings. The first kappa shape index (κ1) is 13.7. The Kier molecular flexibility index (Phi) is 4.29. The molecule has 98 valence electrons. The standard InChI is InChI=1S/C14H14N2OS2/c1-9-6-7-19-12(9)8-16-14(17)11-4-2-10(3-5-11)13(15)18/h2-7H,8H2,1H3,(H2,15,18)(H,16,17). The molecule has 19 heavy (non-hydrogen) atoms. The van der Waals surface area contributed by atoms with Crippen molar-refractivity contribution >= 4 is 34.5 Å². The lowest BCUT2D eigenvalue weighted by atomic mass is 10.1. The molecule has 0 aliphatic carbocycles. The van der Waals surface area contributed by atoms with Crippen LogP contribution in [0.5, 0.6) is 0 Å². The Hall–Kier alpha value is -1.72. The van der Waals surface area contributed by atoms with Gasteiger partial charge < -0.3 is 11.1 Å². The van der Waals surface area contributed by atoms with Crippen molar-refractivity contribution in [2.45, 2.75) is 13.5 Å². The van der Waals surface area contributed by atoms with Gasteiger partial charge in [0.2, 0.25) is 0 Å². The molecule has 0 saturated carbocycles. The van der Waals surface area contributed by atoms with Crippen LogP contribution >= 0.6 is 23.6 Å². The van der Waals surface area contributed by atoms with E-state index in [4.69, 9.17) is 18.0 Å². The fourth-order valence-corrected chi connectivity index (χ4v) is 2.62. The summed E-state index contributed by atoms with van der Waals surface area (Å²) in [4.78, 5) is 13.5. The molecule has 0 aliphatic heterocycles. The first-order valence-corrected chi connectivity index (χ1v) is 7.08. The Labute approximate surface area is 121 Å². The molecule has 0 spiro atoms. The molecular formula is C14H14N2OS2. The normalized spacial score (nSPS) is 10.2. The number of rotatable bonds is 4. The van der Waals surface area contributed by atoms with Crippen molar-refractivity contribution in [3.05, 3.63) is 57.3 Å². The average molecular weight is 290 g/mol. The first-order valence-electron chi connectivity index (χ1n) is 5.79. The number of carbonyl (C=O) groups is 1. The van der Waals surface area contributed by atoms with Crippen LogP contribution in [0.15, 0.2) is 35.7 Å². The number of thiophene rings is 1. The molecule has 1 aromatic heterocycles. The lowest BCUT2D eigenvalue weighted by Crippen LogP contribution is -2.22. The van der Waals surface area contributed by atoms with E-state index < -0.39 is 0 Å². The zero-order chi connectivity index (χ0) is 13.8. The minimum Gasteiger partial charge on any atom is -0.389 e. The third-order valence-electron chi connectivity index (χ3n) is 2.81. The van der Waals surface area contributed by atoms with Crippen molar-refractivity contribution in [2.24, 2.45) is 5.73 Å². The second-order valence-corrected chi connectivity index (χ2v) is 5.59. The fourth-order valence-electron chi connectivity index (χ4n) is 1.63. The van der Waals surface area contributed by atoms with E-state index in [0.29, 0.717) is 17.1 Å². The summed E-state index contributed by atoms with van der Waals surface area (Å²) in [5, 5.41) is 4.92. The smallest absolute Gasteiger partial charge is 0.251 e. The highest BCUT2D eigenvalue weighted by Gasteiger charge is 2.07. The molecule has 3 nitrogen and oxygen atoms in total. The van der Waals surface area contributed by atoms with Crippen LogP contribution in [-0.2, 0) is 6.54 Å². The van der Waals surface area contributed by atoms with Crippen LogP contribution in [0, 0.1) is 6.92 Å². The molecule has 0 bridgehead atoms. The monoisotopic (exact) mass is 290 g/mol. The predicted octanol–water partition coefficient (Wildman–Crippen LogP) is 2.62. The molecule has 3 N–H and O–H groups in total. The molecule has 5 heteroatoms. The van der Waals surface area contributed by atoms with E-state index in [0.717, 1.165) is 5.56 Å². The summed E-state index contributed by atoms with van der Waals surface area (Å²) in [5.74, 6) is -0.0951. The molecular weight excluding hydrogens is 276 g/mol. The van der Waals surface area contributed by atoms with E-state index in [-0.39, 0.29) is 5.91 Å². The molecule has 0 aliphatic rings. The Balaban J connectivity index is 2.00. The number of amides is 1. The Bertz CT molecular complexity index is 602. The summed E-state index contributed by atoms with van der Waals surface area (Å²) in [6, 6.07) is 9.01.